The number of hydrazone groups is 1. The summed E-state index contributed by atoms with van der Waals surface area (Å²) in [5.41, 5.74) is 10.1. The fourth-order valence-corrected chi connectivity index (χ4v) is 6.94. The molecule has 2 heterocycles. The lowest BCUT2D eigenvalue weighted by molar-refractivity contribution is -0.135. The van der Waals surface area contributed by atoms with E-state index in [2.05, 4.69) is 61.5 Å². The van der Waals surface area contributed by atoms with Crippen LogP contribution in [0.4, 0.5) is 0 Å². The van der Waals surface area contributed by atoms with Crippen molar-refractivity contribution in [3.05, 3.63) is 69.2 Å². The summed E-state index contributed by atoms with van der Waals surface area (Å²) in [4.78, 5) is 34.4. The van der Waals surface area contributed by atoms with Gasteiger partial charge >= 0.3 is 0 Å². The van der Waals surface area contributed by atoms with Crippen LogP contribution in [0, 0.1) is 17.3 Å². The first-order valence-corrected chi connectivity index (χ1v) is 15.2. The number of amidine groups is 1. The SMILES string of the molecule is CC(C)C(c1ccc(C(=O)NCC2=NNNN2)cc1)N1C(=O)C(c2cc(Cl)cc(Cl)c2)=NC12CCC(C(C)(C)C)CC2. The molecule has 42 heavy (non-hydrogen) atoms. The highest BCUT2D eigenvalue weighted by Gasteiger charge is 2.53. The molecule has 5 rings (SSSR count). The molecule has 4 N–H and O–H groups in total. The van der Waals surface area contributed by atoms with Crippen molar-refractivity contribution in [2.45, 2.75) is 72.0 Å². The van der Waals surface area contributed by atoms with Crippen molar-refractivity contribution in [3.8, 4) is 0 Å². The first kappa shape index (κ1) is 30.3. The molecule has 11 heteroatoms. The average molecular weight is 613 g/mol. The van der Waals surface area contributed by atoms with Crippen LogP contribution in [-0.2, 0) is 4.79 Å². The molecule has 1 atom stereocenters. The van der Waals surface area contributed by atoms with Crippen LogP contribution in [0.1, 0.15) is 87.8 Å². The fraction of sp³-hybridized carbons (Fsp3) is 0.484. The standard InChI is InChI=1S/C31H39Cl2N7O2/c1-18(2)27(19-6-8-20(9-7-19)28(41)34-17-25-36-38-39-37-25)40-29(42)26(21-14-23(32)16-24(33)15-21)35-31(40)12-10-22(11-13-31)30(3,4)5/h6-9,14-16,18,22,27,38-39H,10-13,17H2,1-5H3,(H,34,41)(H,36,37). The number of nitrogens with one attached hydrogen (secondary N) is 4. The number of nitrogens with zero attached hydrogens (tertiary/aromatic N) is 3. The number of halogens is 2. The van der Waals surface area contributed by atoms with Gasteiger partial charge in [-0.15, -0.1) is 10.6 Å². The lowest BCUT2D eigenvalue weighted by Gasteiger charge is -2.48. The number of rotatable bonds is 7. The Kier molecular flexibility index (Phi) is 8.56. The number of aliphatic imine (C=N–C) groups is 1. The normalized spacial score (nSPS) is 23.0. The van der Waals surface area contributed by atoms with Gasteiger partial charge in [0.1, 0.15) is 11.4 Å². The predicted molar refractivity (Wildman–Crippen MR) is 167 cm³/mol. The molecule has 1 spiro atoms. The number of carbonyl (C=O) groups is 2. The van der Waals surface area contributed by atoms with E-state index in [-0.39, 0.29) is 35.7 Å². The number of hydrogen-bond donors (Lipinski definition) is 4. The molecule has 1 saturated carbocycles. The molecule has 224 valence electrons. The summed E-state index contributed by atoms with van der Waals surface area (Å²) in [7, 11) is 0. The van der Waals surface area contributed by atoms with Gasteiger partial charge in [-0.05, 0) is 78.8 Å². The number of benzene rings is 2. The van der Waals surface area contributed by atoms with Gasteiger partial charge in [0.25, 0.3) is 11.8 Å². The maximum absolute atomic E-state index is 14.4. The molecule has 0 radical (unpaired) electrons. The molecule has 0 bridgehead atoms. The first-order valence-electron chi connectivity index (χ1n) is 14.5. The van der Waals surface area contributed by atoms with Gasteiger partial charge in [0.05, 0.1) is 12.6 Å². The highest BCUT2D eigenvalue weighted by molar-refractivity contribution is 6.47. The van der Waals surface area contributed by atoms with Crippen LogP contribution >= 0.6 is 23.2 Å². The van der Waals surface area contributed by atoms with Gasteiger partial charge in [0.15, 0.2) is 5.84 Å². The van der Waals surface area contributed by atoms with Crippen molar-refractivity contribution < 1.29 is 9.59 Å². The number of amides is 2. The summed E-state index contributed by atoms with van der Waals surface area (Å²) in [6.07, 6.45) is 3.53. The molecule has 2 aromatic carbocycles. The Morgan fingerprint density at radius 1 is 1.10 bits per heavy atom. The van der Waals surface area contributed by atoms with Gasteiger partial charge in [0, 0.05) is 21.2 Å². The zero-order chi connectivity index (χ0) is 30.2. The summed E-state index contributed by atoms with van der Waals surface area (Å²) in [5.74, 6) is 0.893. The van der Waals surface area contributed by atoms with Crippen molar-refractivity contribution in [1.29, 1.82) is 0 Å². The first-order chi connectivity index (χ1) is 19.9. The summed E-state index contributed by atoms with van der Waals surface area (Å²) in [5, 5.41) is 7.76. The maximum Gasteiger partial charge on any atom is 0.275 e. The van der Waals surface area contributed by atoms with Gasteiger partial charge in [-0.25, -0.2) is 5.53 Å². The molecule has 2 aliphatic heterocycles. The van der Waals surface area contributed by atoms with Gasteiger partial charge in [-0.2, -0.15) is 0 Å². The fourth-order valence-electron chi connectivity index (χ4n) is 6.41. The van der Waals surface area contributed by atoms with Crippen molar-refractivity contribution in [1.82, 2.24) is 26.7 Å². The Balaban J connectivity index is 1.47. The molecule has 0 saturated heterocycles. The quantitative estimate of drug-likeness (QED) is 0.325. The number of hydrazine groups is 2. The monoisotopic (exact) mass is 611 g/mol. The topological polar surface area (TPSA) is 110 Å². The Hall–Kier alpha value is -3.14. The van der Waals surface area contributed by atoms with E-state index in [1.54, 1.807) is 18.2 Å². The zero-order valence-electron chi connectivity index (χ0n) is 24.7. The minimum absolute atomic E-state index is 0.0924. The van der Waals surface area contributed by atoms with Crippen LogP contribution in [0.3, 0.4) is 0 Å². The van der Waals surface area contributed by atoms with Crippen LogP contribution in [0.25, 0.3) is 0 Å². The Bertz CT molecular complexity index is 1390. The van der Waals surface area contributed by atoms with E-state index in [0.29, 0.717) is 38.6 Å². The number of carbonyl (C=O) groups excluding carboxylic acids is 2. The second-order valence-electron chi connectivity index (χ2n) is 12.8. The molecule has 0 aromatic heterocycles. The van der Waals surface area contributed by atoms with Crippen molar-refractivity contribution in [3.63, 3.8) is 0 Å². The van der Waals surface area contributed by atoms with Crippen molar-refractivity contribution in [2.24, 2.45) is 27.3 Å². The van der Waals surface area contributed by atoms with E-state index in [9.17, 15) is 9.59 Å². The van der Waals surface area contributed by atoms with Gasteiger partial charge < -0.3 is 10.2 Å². The van der Waals surface area contributed by atoms with Crippen LogP contribution in [0.15, 0.2) is 52.6 Å². The third-order valence-corrected chi connectivity index (χ3v) is 9.07. The second-order valence-corrected chi connectivity index (χ2v) is 13.7. The smallest absolute Gasteiger partial charge is 0.275 e. The van der Waals surface area contributed by atoms with Crippen LogP contribution in [0.5, 0.6) is 0 Å². The van der Waals surface area contributed by atoms with Crippen LogP contribution in [0.2, 0.25) is 10.0 Å². The number of hydrogen-bond acceptors (Lipinski definition) is 7. The third-order valence-electron chi connectivity index (χ3n) is 8.63. The van der Waals surface area contributed by atoms with E-state index < -0.39 is 5.66 Å². The Morgan fingerprint density at radius 3 is 2.29 bits per heavy atom. The van der Waals surface area contributed by atoms with E-state index in [4.69, 9.17) is 28.2 Å². The van der Waals surface area contributed by atoms with E-state index in [1.807, 2.05) is 29.2 Å². The molecule has 1 unspecified atom stereocenters. The van der Waals surface area contributed by atoms with Crippen molar-refractivity contribution in [2.75, 3.05) is 6.54 Å². The third kappa shape index (κ3) is 6.14. The molecule has 2 amide bonds. The largest absolute Gasteiger partial charge is 0.345 e. The Morgan fingerprint density at radius 2 is 1.74 bits per heavy atom. The molecule has 1 aliphatic carbocycles. The van der Waals surface area contributed by atoms with Crippen LogP contribution in [-0.4, -0.2) is 40.5 Å². The minimum Gasteiger partial charge on any atom is -0.345 e. The molecule has 2 aromatic rings. The average Bonchev–Trinajstić information content (AvgIpc) is 3.54. The van der Waals surface area contributed by atoms with Crippen LogP contribution < -0.4 is 21.8 Å². The summed E-state index contributed by atoms with van der Waals surface area (Å²) < 4.78 is 0. The summed E-state index contributed by atoms with van der Waals surface area (Å²) >= 11 is 12.7. The van der Waals surface area contributed by atoms with Gasteiger partial charge in [-0.1, -0.05) is 70.0 Å². The highest BCUT2D eigenvalue weighted by Crippen LogP contribution is 2.50. The van der Waals surface area contributed by atoms with Gasteiger partial charge in [-0.3, -0.25) is 20.0 Å². The molecular weight excluding hydrogens is 573 g/mol. The van der Waals surface area contributed by atoms with Gasteiger partial charge in [0.2, 0.25) is 0 Å². The van der Waals surface area contributed by atoms with Crippen molar-refractivity contribution >= 4 is 46.6 Å². The Labute approximate surface area is 257 Å². The zero-order valence-corrected chi connectivity index (χ0v) is 26.2. The lowest BCUT2D eigenvalue weighted by Crippen LogP contribution is -2.52. The summed E-state index contributed by atoms with van der Waals surface area (Å²) in [6.45, 7) is 11.4. The molecular formula is C31H39Cl2N7O2. The molecule has 1 fully saturated rings. The predicted octanol–water partition coefficient (Wildman–Crippen LogP) is 5.61. The minimum atomic E-state index is -0.662. The molecule has 9 nitrogen and oxygen atoms in total. The lowest BCUT2D eigenvalue weighted by atomic mass is 9.69. The summed E-state index contributed by atoms with van der Waals surface area (Å²) in [6, 6.07) is 12.5. The maximum atomic E-state index is 14.4. The highest BCUT2D eigenvalue weighted by atomic mass is 35.5. The second kappa shape index (κ2) is 11.9. The van der Waals surface area contributed by atoms with E-state index in [0.717, 1.165) is 31.2 Å². The van der Waals surface area contributed by atoms with E-state index in [1.165, 1.54) is 0 Å². The van der Waals surface area contributed by atoms with E-state index >= 15 is 0 Å². The molecule has 3 aliphatic rings.